The Balaban J connectivity index is 0.000000126. The Labute approximate surface area is 831 Å². The summed E-state index contributed by atoms with van der Waals surface area (Å²) in [4.78, 5) is 51.9. The number of likely N-dealkylation sites (N-methyl/N-ethyl adjacent to an activating group) is 2. The molecule has 12 unspecified atom stereocenters. The molecule has 0 spiro atoms. The Kier molecular flexibility index (Phi) is 35.2. The molecule has 12 atom stereocenters. The van der Waals surface area contributed by atoms with E-state index in [2.05, 4.69) is 228 Å². The maximum atomic E-state index is 13.8. The fraction of sp³-hybridized carbons (Fsp3) is 0.381. The van der Waals surface area contributed by atoms with E-state index in [1.54, 1.807) is 19.1 Å². The molecule has 10 aliphatic rings. The van der Waals surface area contributed by atoms with Gasteiger partial charge in [-0.15, -0.1) is 0 Å². The van der Waals surface area contributed by atoms with Crippen molar-refractivity contribution in [1.29, 1.82) is 0 Å². The number of nitrogens with zero attached hydrogens (tertiary/aromatic N) is 12. The third kappa shape index (κ3) is 27.5. The van der Waals surface area contributed by atoms with Gasteiger partial charge >= 0.3 is 0 Å². The van der Waals surface area contributed by atoms with Crippen LogP contribution in [0.5, 0.6) is 0 Å². The van der Waals surface area contributed by atoms with Crippen molar-refractivity contribution < 1.29 is 51.8 Å². The molecule has 0 aromatic heterocycles. The molecule has 26 heteroatoms. The summed E-state index contributed by atoms with van der Waals surface area (Å²) in [7, 11) is 0. The molecule has 0 fully saturated rings. The number of aliphatic imine (C=N–C) groups is 10. The van der Waals surface area contributed by atoms with Crippen LogP contribution >= 0.6 is 34.8 Å². The molecule has 10 aliphatic heterocycles. The van der Waals surface area contributed by atoms with E-state index in [4.69, 9.17) is 107 Å². The number of rotatable bonds is 32. The van der Waals surface area contributed by atoms with Crippen molar-refractivity contribution in [1.82, 2.24) is 0 Å². The van der Waals surface area contributed by atoms with Gasteiger partial charge in [0.2, 0.25) is 0 Å². The molecule has 0 saturated heterocycles. The third-order valence-corrected chi connectivity index (χ3v) is 27.4. The first-order valence-electron chi connectivity index (χ1n) is 48.7. The third-order valence-electron chi connectivity index (χ3n) is 26.3. The highest BCUT2D eigenvalue weighted by atomic mass is 35.5. The average Bonchev–Trinajstić information content (AvgIpc) is 1.70. The molecule has 0 saturated carbocycles. The van der Waals surface area contributed by atoms with E-state index in [0.29, 0.717) is 161 Å². The maximum absolute atomic E-state index is 13.8. The summed E-state index contributed by atoms with van der Waals surface area (Å²) in [6.45, 7) is 26.1. The molecule has 22 nitrogen and oxygen atoms in total. The highest BCUT2D eigenvalue weighted by Gasteiger charge is 2.35. The van der Waals surface area contributed by atoms with Crippen molar-refractivity contribution in [3.63, 3.8) is 0 Å². The van der Waals surface area contributed by atoms with Gasteiger partial charge in [-0.05, 0) is 194 Å². The van der Waals surface area contributed by atoms with Crippen LogP contribution in [-0.2, 0) is 47.4 Å². The Morgan fingerprint density at radius 2 is 0.597 bits per heavy atom. The van der Waals surface area contributed by atoms with E-state index >= 15 is 0 Å². The monoisotopic (exact) mass is 1930 g/mol. The smallest absolute Gasteiger partial charge is 0.193 e. The number of aryl methyl sites for hydroxylation is 2. The summed E-state index contributed by atoms with van der Waals surface area (Å²) >= 11 is 18.3. The van der Waals surface area contributed by atoms with Gasteiger partial charge < -0.3 is 57.2 Å². The molecule has 20 rings (SSSR count). The van der Waals surface area contributed by atoms with E-state index in [-0.39, 0.29) is 66.2 Å². The van der Waals surface area contributed by atoms with Crippen molar-refractivity contribution in [2.45, 2.75) is 185 Å². The second-order valence-electron chi connectivity index (χ2n) is 35.9. The fourth-order valence-electron chi connectivity index (χ4n) is 18.3. The lowest BCUT2D eigenvalue weighted by atomic mass is 9.90. The zero-order chi connectivity index (χ0) is 96.4. The average molecular weight is 1940 g/mol. The quantitative estimate of drug-likeness (QED) is 0.0384. The standard InChI is InChI=1S/C27H34N2O2.C25H32N4O2.C22H23FN2O2.C20H17Cl3N2O2.C19H18N2O2/c1-3-20(22-11-7-5-8-12-22)15-24-18-30-26(28-24)17-27-29-25(19-31-27)16-21(4-2)23-13-9-6-10-14-23;1-3-28(22-11-7-5-8-12-22)16-20-18-30-24(26-20)15-25-27-21(19-31-25)17-29(4-2)23-13-9-6-10-14-23;1-13-6-4-7-16(14(13)2)19-11-26-21(24-19)10-22-25-20(12-27-22)17-8-5-9-18(23)15(17)3;1-11-2-3-12(6-15(11)22)17-9-26-19(24-17)8-20-25-18(10-27-20)13-4-5-14(21)16(23)7-13;1-3-7-14(8-4-1)16-12-22-18(20-16)11-19-21-17(13-23-19)15-9-5-2-6-10-15/h5-14,20-21,24-25H,3-4,15-19H2,1-2H3;5-14,20-21H,3-4,15-19H2,1-2H3;4-9,19-20H,10-12H2,1-3H3;2-7,17-18H,8-10H2,1H3;1-10,16-17H,11-13H2. The molecule has 10 heterocycles. The van der Waals surface area contributed by atoms with Crippen molar-refractivity contribution in [2.75, 3.05) is 102 Å². The van der Waals surface area contributed by atoms with E-state index in [1.165, 1.54) is 56.4 Å². The van der Waals surface area contributed by atoms with Gasteiger partial charge in [-0.2, -0.15) is 0 Å². The first-order chi connectivity index (χ1) is 67.9. The Hall–Kier alpha value is -12.7. The number of para-hydroxylation sites is 2. The number of anilines is 2. The van der Waals surface area contributed by atoms with Gasteiger partial charge in [0.1, 0.15) is 120 Å². The summed E-state index contributed by atoms with van der Waals surface area (Å²) < 4.78 is 71.7. The largest absolute Gasteiger partial charge is 0.478 e. The summed E-state index contributed by atoms with van der Waals surface area (Å²) in [5.74, 6) is 7.79. The number of halogens is 4. The number of hydrogen-bond donors (Lipinski definition) is 0. The molecular formula is C113H124Cl3FN12O10. The first kappa shape index (κ1) is 99.3. The van der Waals surface area contributed by atoms with Gasteiger partial charge in [-0.25, -0.2) is 54.3 Å². The van der Waals surface area contributed by atoms with Crippen LogP contribution in [0.2, 0.25) is 15.1 Å². The molecule has 139 heavy (non-hydrogen) atoms. The van der Waals surface area contributed by atoms with Crippen molar-refractivity contribution in [3.05, 3.63) is 342 Å². The Bertz CT molecular complexity index is 5570. The van der Waals surface area contributed by atoms with Crippen molar-refractivity contribution in [2.24, 2.45) is 49.9 Å². The molecule has 0 bridgehead atoms. The van der Waals surface area contributed by atoms with E-state index < -0.39 is 0 Å². The summed E-state index contributed by atoms with van der Waals surface area (Å²) in [5, 5.41) is 1.78. The van der Waals surface area contributed by atoms with Crippen molar-refractivity contribution >= 4 is 105 Å². The second-order valence-corrected chi connectivity index (χ2v) is 37.2. The highest BCUT2D eigenvalue weighted by molar-refractivity contribution is 6.42. The molecule has 0 aliphatic carbocycles. The minimum absolute atomic E-state index is 0.0168. The van der Waals surface area contributed by atoms with Crippen LogP contribution in [0.1, 0.15) is 200 Å². The van der Waals surface area contributed by atoms with Crippen LogP contribution < -0.4 is 9.80 Å². The van der Waals surface area contributed by atoms with Crippen LogP contribution in [0.15, 0.2) is 305 Å². The molecule has 10 aromatic carbocycles. The molecule has 724 valence electrons. The van der Waals surface area contributed by atoms with Gasteiger partial charge in [-0.1, -0.05) is 255 Å². The van der Waals surface area contributed by atoms with E-state index in [9.17, 15) is 4.39 Å². The van der Waals surface area contributed by atoms with Gasteiger partial charge in [-0.3, -0.25) is 0 Å². The number of ether oxygens (including phenoxy) is 10. The van der Waals surface area contributed by atoms with E-state index in [0.717, 1.165) is 103 Å². The van der Waals surface area contributed by atoms with Crippen LogP contribution in [0.25, 0.3) is 0 Å². The first-order valence-corrected chi connectivity index (χ1v) is 49.8. The summed E-state index contributed by atoms with van der Waals surface area (Å²) in [5.41, 5.74) is 15.9. The molecular weight excluding hydrogens is 1810 g/mol. The van der Waals surface area contributed by atoms with Crippen LogP contribution in [0, 0.1) is 33.5 Å². The Morgan fingerprint density at radius 3 is 0.971 bits per heavy atom. The summed E-state index contributed by atoms with van der Waals surface area (Å²) in [6, 6.07) is 86.3. The van der Waals surface area contributed by atoms with Crippen LogP contribution in [0.3, 0.4) is 0 Å². The predicted molar refractivity (Wildman–Crippen MR) is 558 cm³/mol. The number of hydrogen-bond acceptors (Lipinski definition) is 22. The Morgan fingerprint density at radius 1 is 0.288 bits per heavy atom. The van der Waals surface area contributed by atoms with Gasteiger partial charge in [0, 0.05) is 42.6 Å². The lowest BCUT2D eigenvalue weighted by Crippen LogP contribution is -2.32. The van der Waals surface area contributed by atoms with Crippen LogP contribution in [0.4, 0.5) is 15.8 Å². The van der Waals surface area contributed by atoms with Gasteiger partial charge in [0.15, 0.2) is 59.0 Å². The molecule has 0 radical (unpaired) electrons. The van der Waals surface area contributed by atoms with E-state index in [1.807, 2.05) is 91.9 Å². The fourth-order valence-corrected chi connectivity index (χ4v) is 18.8. The van der Waals surface area contributed by atoms with Crippen LogP contribution in [-0.4, -0.2) is 175 Å². The SMILES string of the molecule is CCC(CC1COC(CC2=NC(CC(CC)c3ccccc3)CO2)=N1)c1ccccc1.CCN(CC1COC(CC2=NC(CN(CC)c3ccccc3)CO2)=N1)c1ccccc1.Cc1ccc(C2COC(CC3=NC(c4ccc(Cl)c(Cl)c4)CO3)=N2)cc1Cl.Cc1cccc(C2COC(CC3=NC(c4cccc(F)c4C)CO3)=N2)c1C.c1ccc(C2COC(CC3=NC(c4ccccc4)CO3)=N2)cc1. The summed E-state index contributed by atoms with van der Waals surface area (Å²) in [6.07, 6.45) is 6.81. The minimum atomic E-state index is -0.212. The molecule has 0 N–H and O–H groups in total. The predicted octanol–water partition coefficient (Wildman–Crippen LogP) is 24.6. The normalized spacial score (nSPS) is 21.6. The second kappa shape index (κ2) is 49.2. The molecule has 0 amide bonds. The molecule has 10 aromatic rings. The van der Waals surface area contributed by atoms with Gasteiger partial charge in [0.05, 0.1) is 54.2 Å². The topological polar surface area (TPSA) is 222 Å². The maximum Gasteiger partial charge on any atom is 0.193 e. The highest BCUT2D eigenvalue weighted by Crippen LogP contribution is 2.38. The van der Waals surface area contributed by atoms with Crippen molar-refractivity contribution in [3.8, 4) is 0 Å². The van der Waals surface area contributed by atoms with Gasteiger partial charge in [0.25, 0.3) is 0 Å². The zero-order valence-corrected chi connectivity index (χ0v) is 82.7. The minimum Gasteiger partial charge on any atom is -0.478 e. The number of benzene rings is 10. The lowest BCUT2D eigenvalue weighted by Gasteiger charge is -2.24. The lowest BCUT2D eigenvalue weighted by molar-refractivity contribution is 0.288. The zero-order valence-electron chi connectivity index (χ0n) is 80.4.